The van der Waals surface area contributed by atoms with Crippen molar-refractivity contribution in [3.8, 4) is 0 Å². The van der Waals surface area contributed by atoms with Crippen LogP contribution in [0.3, 0.4) is 0 Å². The molecule has 7 nitrogen and oxygen atoms in total. The van der Waals surface area contributed by atoms with Crippen LogP contribution in [0.2, 0.25) is 0 Å². The maximum Gasteiger partial charge on any atom is 0.285 e. The second kappa shape index (κ2) is 8.11. The first-order chi connectivity index (χ1) is 12.9. The van der Waals surface area contributed by atoms with Crippen LogP contribution in [0.4, 0.5) is 10.1 Å². The monoisotopic (exact) mass is 373 g/mol. The maximum absolute atomic E-state index is 13.2. The predicted octanol–water partition coefficient (Wildman–Crippen LogP) is 2.94. The summed E-state index contributed by atoms with van der Waals surface area (Å²) in [6.07, 6.45) is 5.12. The summed E-state index contributed by atoms with van der Waals surface area (Å²) in [6, 6.07) is 7.91. The van der Waals surface area contributed by atoms with Crippen molar-refractivity contribution >= 4 is 11.6 Å². The summed E-state index contributed by atoms with van der Waals surface area (Å²) in [6.45, 7) is -0.315. The van der Waals surface area contributed by atoms with E-state index in [0.717, 1.165) is 54.1 Å². The standard InChI is InChI=1S/C19H20FN3O4/c20-15-7-5-14(6-8-15)19(13-3-1-2-4-13)21-17(24)12-22-11-16(23(26)27)9-10-18(22)25/h5-11,13,19H,1-4,12H2,(H,21,24). The van der Waals surface area contributed by atoms with E-state index in [2.05, 4.69) is 5.32 Å². The molecule has 1 aromatic carbocycles. The number of amides is 1. The molecule has 27 heavy (non-hydrogen) atoms. The molecular weight excluding hydrogens is 353 g/mol. The van der Waals surface area contributed by atoms with E-state index in [1.165, 1.54) is 12.1 Å². The molecule has 3 rings (SSSR count). The number of nitro groups is 1. The van der Waals surface area contributed by atoms with Gasteiger partial charge in [0, 0.05) is 12.1 Å². The highest BCUT2D eigenvalue weighted by Crippen LogP contribution is 2.35. The molecule has 1 unspecified atom stereocenters. The summed E-state index contributed by atoms with van der Waals surface area (Å²) in [4.78, 5) is 34.7. The van der Waals surface area contributed by atoms with Crippen LogP contribution in [-0.2, 0) is 11.3 Å². The molecule has 0 saturated heterocycles. The van der Waals surface area contributed by atoms with Crippen molar-refractivity contribution in [2.75, 3.05) is 0 Å². The third-order valence-electron chi connectivity index (χ3n) is 4.91. The van der Waals surface area contributed by atoms with Gasteiger partial charge in [0.15, 0.2) is 0 Å². The van der Waals surface area contributed by atoms with Gasteiger partial charge in [-0.25, -0.2) is 4.39 Å². The summed E-state index contributed by atoms with van der Waals surface area (Å²) < 4.78 is 14.3. The molecule has 142 valence electrons. The largest absolute Gasteiger partial charge is 0.347 e. The number of pyridine rings is 1. The van der Waals surface area contributed by atoms with Crippen LogP contribution in [0, 0.1) is 21.8 Å². The zero-order chi connectivity index (χ0) is 19.4. The SMILES string of the molecule is O=C(Cn1cc([N+](=O)[O-])ccc1=O)NC(c1ccc(F)cc1)C1CCCC1. The van der Waals surface area contributed by atoms with Crippen LogP contribution < -0.4 is 10.9 Å². The second-order valence-corrected chi connectivity index (χ2v) is 6.75. The molecule has 0 spiro atoms. The first kappa shape index (κ1) is 18.8. The summed E-state index contributed by atoms with van der Waals surface area (Å²) >= 11 is 0. The minimum atomic E-state index is -0.617. The Hall–Kier alpha value is -3.03. The van der Waals surface area contributed by atoms with Gasteiger partial charge < -0.3 is 5.32 Å². The van der Waals surface area contributed by atoms with Gasteiger partial charge in [0.1, 0.15) is 12.4 Å². The van der Waals surface area contributed by atoms with E-state index < -0.39 is 16.4 Å². The number of rotatable bonds is 6. The van der Waals surface area contributed by atoms with Crippen LogP contribution in [0.25, 0.3) is 0 Å². The lowest BCUT2D eigenvalue weighted by Crippen LogP contribution is -2.37. The van der Waals surface area contributed by atoms with Gasteiger partial charge in [0.2, 0.25) is 5.91 Å². The van der Waals surface area contributed by atoms with Gasteiger partial charge in [-0.2, -0.15) is 0 Å². The maximum atomic E-state index is 13.2. The zero-order valence-corrected chi connectivity index (χ0v) is 14.6. The van der Waals surface area contributed by atoms with Gasteiger partial charge in [0.05, 0.1) is 17.2 Å². The summed E-state index contributed by atoms with van der Waals surface area (Å²) in [5.74, 6) is -0.529. The topological polar surface area (TPSA) is 94.2 Å². The smallest absolute Gasteiger partial charge is 0.285 e. The van der Waals surface area contributed by atoms with E-state index in [1.807, 2.05) is 0 Å². The normalized spacial score (nSPS) is 15.4. The van der Waals surface area contributed by atoms with Gasteiger partial charge in [-0.3, -0.25) is 24.3 Å². The fraction of sp³-hybridized carbons (Fsp3) is 0.368. The number of halogens is 1. The number of hydrogen-bond donors (Lipinski definition) is 1. The van der Waals surface area contributed by atoms with E-state index in [0.29, 0.717) is 0 Å². The van der Waals surface area contributed by atoms with Crippen LogP contribution in [0.1, 0.15) is 37.3 Å². The fourth-order valence-electron chi connectivity index (χ4n) is 3.56. The van der Waals surface area contributed by atoms with E-state index in [4.69, 9.17) is 0 Å². The van der Waals surface area contributed by atoms with E-state index >= 15 is 0 Å². The average Bonchev–Trinajstić information content (AvgIpc) is 3.16. The van der Waals surface area contributed by atoms with Gasteiger partial charge in [-0.05, 0) is 36.5 Å². The van der Waals surface area contributed by atoms with Crippen molar-refractivity contribution < 1.29 is 14.1 Å². The number of nitrogens with one attached hydrogen (secondary N) is 1. The minimum absolute atomic E-state index is 0.237. The van der Waals surface area contributed by atoms with Crippen LogP contribution >= 0.6 is 0 Å². The molecule has 1 aliphatic rings. The van der Waals surface area contributed by atoms with Crippen LogP contribution in [0.5, 0.6) is 0 Å². The van der Waals surface area contributed by atoms with Crippen LogP contribution in [-0.4, -0.2) is 15.4 Å². The number of hydrogen-bond acceptors (Lipinski definition) is 4. The lowest BCUT2D eigenvalue weighted by molar-refractivity contribution is -0.385. The summed E-state index contributed by atoms with van der Waals surface area (Å²) in [5.41, 5.74) is 0.0614. The Morgan fingerprint density at radius 2 is 1.89 bits per heavy atom. The summed E-state index contributed by atoms with van der Waals surface area (Å²) in [7, 11) is 0. The lowest BCUT2D eigenvalue weighted by atomic mass is 9.91. The molecule has 1 aliphatic carbocycles. The number of carbonyl (C=O) groups excluding carboxylic acids is 1. The van der Waals surface area contributed by atoms with Crippen molar-refractivity contribution in [3.05, 3.63) is 74.4 Å². The molecule has 1 saturated carbocycles. The predicted molar refractivity (Wildman–Crippen MR) is 96.6 cm³/mol. The van der Waals surface area contributed by atoms with Gasteiger partial charge in [-0.15, -0.1) is 0 Å². The van der Waals surface area contributed by atoms with Gasteiger partial charge >= 0.3 is 0 Å². The molecule has 1 heterocycles. The van der Waals surface area contributed by atoms with Crippen LogP contribution in [0.15, 0.2) is 47.4 Å². The first-order valence-electron chi connectivity index (χ1n) is 8.84. The Labute approximate surface area is 155 Å². The molecular formula is C19H20FN3O4. The molecule has 1 N–H and O–H groups in total. The zero-order valence-electron chi connectivity index (χ0n) is 14.6. The Morgan fingerprint density at radius 1 is 1.22 bits per heavy atom. The second-order valence-electron chi connectivity index (χ2n) is 6.75. The van der Waals surface area contributed by atoms with Crippen molar-refractivity contribution in [2.45, 2.75) is 38.3 Å². The van der Waals surface area contributed by atoms with E-state index in [-0.39, 0.29) is 30.0 Å². The highest BCUT2D eigenvalue weighted by Gasteiger charge is 2.28. The molecule has 1 aromatic heterocycles. The highest BCUT2D eigenvalue weighted by molar-refractivity contribution is 5.76. The van der Waals surface area contributed by atoms with E-state index in [9.17, 15) is 24.1 Å². The Morgan fingerprint density at radius 3 is 2.52 bits per heavy atom. The number of aromatic nitrogens is 1. The van der Waals surface area contributed by atoms with Gasteiger partial charge in [-0.1, -0.05) is 25.0 Å². The van der Waals surface area contributed by atoms with Crippen molar-refractivity contribution in [1.82, 2.24) is 9.88 Å². The number of benzene rings is 1. The molecule has 0 radical (unpaired) electrons. The molecule has 1 amide bonds. The molecule has 8 heteroatoms. The quantitative estimate of drug-likeness (QED) is 0.622. The molecule has 1 fully saturated rings. The molecule has 2 aromatic rings. The van der Waals surface area contributed by atoms with Crippen molar-refractivity contribution in [3.63, 3.8) is 0 Å². The summed E-state index contributed by atoms with van der Waals surface area (Å²) in [5, 5.41) is 13.8. The van der Waals surface area contributed by atoms with E-state index in [1.54, 1.807) is 12.1 Å². The average molecular weight is 373 g/mol. The minimum Gasteiger partial charge on any atom is -0.347 e. The third-order valence-corrected chi connectivity index (χ3v) is 4.91. The Bertz CT molecular complexity index is 889. The van der Waals surface area contributed by atoms with Gasteiger partial charge in [0.25, 0.3) is 11.2 Å². The molecule has 1 atom stereocenters. The van der Waals surface area contributed by atoms with Crippen molar-refractivity contribution in [2.24, 2.45) is 5.92 Å². The first-order valence-corrected chi connectivity index (χ1v) is 8.84. The number of carbonyl (C=O) groups is 1. The number of nitrogens with zero attached hydrogens (tertiary/aromatic N) is 2. The Kier molecular flexibility index (Phi) is 5.63. The highest BCUT2D eigenvalue weighted by atomic mass is 19.1. The Balaban J connectivity index is 1.78. The van der Waals surface area contributed by atoms with Crippen molar-refractivity contribution in [1.29, 1.82) is 0 Å². The lowest BCUT2D eigenvalue weighted by Gasteiger charge is -2.25. The third kappa shape index (κ3) is 4.58. The fourth-order valence-corrected chi connectivity index (χ4v) is 3.56. The molecule has 0 bridgehead atoms. The molecule has 0 aliphatic heterocycles.